The highest BCUT2D eigenvalue weighted by molar-refractivity contribution is 8.01. The fraction of sp³-hybridized carbons (Fsp3) is 0.400. The van der Waals surface area contributed by atoms with Gasteiger partial charge in [0.2, 0.25) is 5.91 Å². The quantitative estimate of drug-likeness (QED) is 0.474. The van der Waals surface area contributed by atoms with Crippen LogP contribution in [0.15, 0.2) is 48.5 Å². The van der Waals surface area contributed by atoms with Crippen LogP contribution in [-0.2, 0) is 16.0 Å². The number of hydrogen-bond acceptors (Lipinski definition) is 6. The largest absolute Gasteiger partial charge is 0.508 e. The van der Waals surface area contributed by atoms with Crippen molar-refractivity contribution in [3.63, 3.8) is 0 Å². The zero-order valence-electron chi connectivity index (χ0n) is 18.9. The number of aliphatic hydroxyl groups is 1. The average Bonchev–Trinajstić information content (AvgIpc) is 3.22. The molecule has 1 saturated carbocycles. The molecule has 1 spiro atoms. The summed E-state index contributed by atoms with van der Waals surface area (Å²) in [6, 6.07) is 12.1. The van der Waals surface area contributed by atoms with Crippen molar-refractivity contribution in [3.8, 4) is 5.75 Å². The Labute approximate surface area is 202 Å². The molecule has 1 aliphatic carbocycles. The summed E-state index contributed by atoms with van der Waals surface area (Å²) in [6.45, 7) is 1.62. The first-order chi connectivity index (χ1) is 16.2. The van der Waals surface area contributed by atoms with Crippen LogP contribution in [0.5, 0.6) is 5.75 Å². The number of hydrogen-bond donors (Lipinski definition) is 4. The lowest BCUT2D eigenvalue weighted by Crippen LogP contribution is -2.60. The van der Waals surface area contributed by atoms with Crippen LogP contribution in [0.1, 0.15) is 40.7 Å². The van der Waals surface area contributed by atoms with E-state index in [1.165, 1.54) is 22.7 Å². The van der Waals surface area contributed by atoms with Crippen LogP contribution < -0.4 is 11.1 Å². The maximum atomic E-state index is 13.4. The molecule has 180 valence electrons. The van der Waals surface area contributed by atoms with Crippen molar-refractivity contribution in [2.24, 2.45) is 5.73 Å². The molecule has 3 amide bonds. The second kappa shape index (κ2) is 9.68. The molecule has 5 N–H and O–H groups in total. The van der Waals surface area contributed by atoms with Gasteiger partial charge >= 0.3 is 0 Å². The summed E-state index contributed by atoms with van der Waals surface area (Å²) in [6.07, 6.45) is 1.18. The van der Waals surface area contributed by atoms with Gasteiger partial charge in [0.25, 0.3) is 11.8 Å². The van der Waals surface area contributed by atoms with E-state index in [-0.39, 0.29) is 28.4 Å². The number of nitrogens with one attached hydrogen (secondary N) is 1. The van der Waals surface area contributed by atoms with Crippen molar-refractivity contribution in [2.75, 3.05) is 5.88 Å². The van der Waals surface area contributed by atoms with Crippen LogP contribution >= 0.6 is 11.8 Å². The summed E-state index contributed by atoms with van der Waals surface area (Å²) < 4.78 is -0.377. The van der Waals surface area contributed by atoms with Gasteiger partial charge in [-0.25, -0.2) is 0 Å². The van der Waals surface area contributed by atoms with E-state index < -0.39 is 35.9 Å². The fourth-order valence-electron chi connectivity index (χ4n) is 4.75. The van der Waals surface area contributed by atoms with Gasteiger partial charge in [-0.05, 0) is 43.9 Å². The third-order valence-electron chi connectivity index (χ3n) is 6.85. The Hall–Kier alpha value is -3.04. The number of nitrogens with zero attached hydrogens (tertiary/aromatic N) is 1. The first kappa shape index (κ1) is 24.1. The van der Waals surface area contributed by atoms with Crippen molar-refractivity contribution in [1.29, 1.82) is 0 Å². The Morgan fingerprint density at radius 1 is 1.18 bits per heavy atom. The third-order valence-corrected chi connectivity index (χ3v) is 8.47. The molecule has 1 saturated heterocycles. The molecule has 2 aromatic carbocycles. The Balaban J connectivity index is 1.59. The van der Waals surface area contributed by atoms with Crippen molar-refractivity contribution in [3.05, 3.63) is 65.2 Å². The molecule has 1 heterocycles. The number of benzene rings is 2. The number of thioether (sulfide) groups is 1. The van der Waals surface area contributed by atoms with Gasteiger partial charge in [-0.15, -0.1) is 11.8 Å². The van der Waals surface area contributed by atoms with Crippen LogP contribution in [0, 0.1) is 6.92 Å². The third kappa shape index (κ3) is 4.50. The van der Waals surface area contributed by atoms with Gasteiger partial charge in [0.05, 0.1) is 11.9 Å². The molecule has 0 bridgehead atoms. The summed E-state index contributed by atoms with van der Waals surface area (Å²) in [4.78, 5) is 40.1. The molecule has 3 atom stereocenters. The highest BCUT2D eigenvalue weighted by atomic mass is 32.2. The smallest absolute Gasteiger partial charge is 0.254 e. The van der Waals surface area contributed by atoms with E-state index in [2.05, 4.69) is 5.32 Å². The minimum Gasteiger partial charge on any atom is -0.508 e. The van der Waals surface area contributed by atoms with Crippen LogP contribution in [0.2, 0.25) is 0 Å². The van der Waals surface area contributed by atoms with E-state index in [4.69, 9.17) is 5.73 Å². The number of primary amides is 1. The first-order valence-electron chi connectivity index (χ1n) is 11.3. The first-order valence-corrected chi connectivity index (χ1v) is 12.3. The van der Waals surface area contributed by atoms with Gasteiger partial charge < -0.3 is 26.2 Å². The zero-order chi connectivity index (χ0) is 24.5. The van der Waals surface area contributed by atoms with Crippen molar-refractivity contribution in [1.82, 2.24) is 10.2 Å². The summed E-state index contributed by atoms with van der Waals surface area (Å²) in [7, 11) is 0. The summed E-state index contributed by atoms with van der Waals surface area (Å²) in [5.74, 6) is -1.48. The number of phenols is 1. The Morgan fingerprint density at radius 3 is 2.50 bits per heavy atom. The number of aromatic hydroxyl groups is 1. The van der Waals surface area contributed by atoms with E-state index >= 15 is 0 Å². The van der Waals surface area contributed by atoms with Crippen molar-refractivity contribution >= 4 is 29.5 Å². The number of carbonyl (C=O) groups excluding carboxylic acids is 3. The van der Waals surface area contributed by atoms with E-state index in [1.54, 1.807) is 19.1 Å². The maximum Gasteiger partial charge on any atom is 0.254 e. The van der Waals surface area contributed by atoms with E-state index in [0.29, 0.717) is 5.56 Å². The molecule has 0 unspecified atom stereocenters. The van der Waals surface area contributed by atoms with Crippen LogP contribution in [-0.4, -0.2) is 61.6 Å². The fourth-order valence-corrected chi connectivity index (χ4v) is 6.40. The molecule has 1 aliphatic heterocycles. The predicted octanol–water partition coefficient (Wildman–Crippen LogP) is 1.71. The monoisotopic (exact) mass is 483 g/mol. The normalized spacial score (nSPS) is 20.4. The van der Waals surface area contributed by atoms with Crippen LogP contribution in [0.3, 0.4) is 0 Å². The van der Waals surface area contributed by atoms with Gasteiger partial charge in [0.15, 0.2) is 6.10 Å². The van der Waals surface area contributed by atoms with E-state index in [9.17, 15) is 24.6 Å². The zero-order valence-corrected chi connectivity index (χ0v) is 19.8. The minimum atomic E-state index is -1.58. The molecule has 2 aliphatic rings. The molecule has 9 heteroatoms. The highest BCUT2D eigenvalue weighted by Gasteiger charge is 2.56. The van der Waals surface area contributed by atoms with Crippen LogP contribution in [0.25, 0.3) is 0 Å². The number of rotatable bonds is 7. The van der Waals surface area contributed by atoms with E-state index in [0.717, 1.165) is 24.8 Å². The SMILES string of the molecule is Cc1c(O)cccc1C(=O)N[C@@H](Cc1ccccc1)[C@H](O)C(=O)N1CSC2(CCC2)[C@H]1C(N)=O. The van der Waals surface area contributed by atoms with Crippen LogP contribution in [0.4, 0.5) is 0 Å². The molecule has 2 aromatic rings. The molecule has 0 radical (unpaired) electrons. The number of nitrogens with two attached hydrogens (primary N) is 1. The Morgan fingerprint density at radius 2 is 1.88 bits per heavy atom. The summed E-state index contributed by atoms with van der Waals surface area (Å²) in [5.41, 5.74) is 7.15. The Bertz CT molecular complexity index is 1090. The summed E-state index contributed by atoms with van der Waals surface area (Å²) in [5, 5.41) is 23.9. The second-order valence-corrected chi connectivity index (χ2v) is 10.3. The van der Waals surface area contributed by atoms with Gasteiger partial charge in [-0.3, -0.25) is 14.4 Å². The summed E-state index contributed by atoms with van der Waals surface area (Å²) >= 11 is 1.53. The number of aliphatic hydroxyl groups excluding tert-OH is 1. The van der Waals surface area contributed by atoms with Gasteiger partial charge in [0.1, 0.15) is 11.8 Å². The average molecular weight is 484 g/mol. The lowest BCUT2D eigenvalue weighted by atomic mass is 9.77. The lowest BCUT2D eigenvalue weighted by molar-refractivity contribution is -0.147. The van der Waals surface area contributed by atoms with Gasteiger partial charge in [0, 0.05) is 15.9 Å². The molecule has 8 nitrogen and oxygen atoms in total. The highest BCUT2D eigenvalue weighted by Crippen LogP contribution is 2.53. The number of amides is 3. The number of phenolic OH excluding ortho intramolecular Hbond substituents is 1. The minimum absolute atomic E-state index is 0.0203. The molecule has 4 rings (SSSR count). The lowest BCUT2D eigenvalue weighted by Gasteiger charge is -2.42. The number of carbonyl (C=O) groups is 3. The topological polar surface area (TPSA) is 133 Å². The molecule has 2 fully saturated rings. The van der Waals surface area contributed by atoms with E-state index in [1.807, 2.05) is 30.3 Å². The second-order valence-electron chi connectivity index (χ2n) is 8.97. The van der Waals surface area contributed by atoms with Crippen molar-refractivity contribution in [2.45, 2.75) is 55.5 Å². The molecular weight excluding hydrogens is 454 g/mol. The van der Waals surface area contributed by atoms with Gasteiger partial charge in [-0.1, -0.05) is 42.8 Å². The standard InChI is InChI=1S/C25H29N3O5S/c1-15-17(9-5-10-19(15)29)23(32)27-18(13-16-7-3-2-4-8-16)20(30)24(33)28-14-34-25(11-6-12-25)21(28)22(26)31/h2-5,7-10,18,20-21,29-30H,6,11-14H2,1H3,(H2,26,31)(H,27,32)/t18-,20-,21+/m0/s1. The molecular formula is C25H29N3O5S. The van der Waals surface area contributed by atoms with Gasteiger partial charge in [-0.2, -0.15) is 0 Å². The molecule has 34 heavy (non-hydrogen) atoms. The Kier molecular flexibility index (Phi) is 6.86. The maximum absolute atomic E-state index is 13.4. The molecule has 0 aromatic heterocycles. The predicted molar refractivity (Wildman–Crippen MR) is 129 cm³/mol. The van der Waals surface area contributed by atoms with Crippen molar-refractivity contribution < 1.29 is 24.6 Å².